The fraction of sp³-hybridized carbons (Fsp3) is 0.158. The third kappa shape index (κ3) is 2.63. The molecule has 23 heavy (non-hydrogen) atoms. The molecule has 0 aliphatic heterocycles. The third-order valence-corrected chi connectivity index (χ3v) is 3.89. The summed E-state index contributed by atoms with van der Waals surface area (Å²) in [6.45, 7) is 3.20. The highest BCUT2D eigenvalue weighted by Gasteiger charge is 2.17. The number of fused-ring (bicyclic) bond motifs is 2. The number of methoxy groups -OCH3 is 1. The summed E-state index contributed by atoms with van der Waals surface area (Å²) in [5, 5.41) is 3.75. The summed E-state index contributed by atoms with van der Waals surface area (Å²) >= 11 is 0. The van der Waals surface area contributed by atoms with Gasteiger partial charge in [-0.15, -0.1) is 0 Å². The van der Waals surface area contributed by atoms with E-state index in [-0.39, 0.29) is 0 Å². The molecule has 3 rings (SSSR count). The summed E-state index contributed by atoms with van der Waals surface area (Å²) in [5.41, 5.74) is 1.19. The minimum Gasteiger partial charge on any atom is -0.465 e. The van der Waals surface area contributed by atoms with E-state index < -0.39 is 11.9 Å². The van der Waals surface area contributed by atoms with Gasteiger partial charge in [0.05, 0.1) is 12.7 Å². The molecule has 0 fully saturated rings. The molecule has 0 atom stereocenters. The van der Waals surface area contributed by atoms with Crippen LogP contribution in [-0.4, -0.2) is 19.0 Å². The summed E-state index contributed by atoms with van der Waals surface area (Å²) in [4.78, 5) is 23.4. The van der Waals surface area contributed by atoms with E-state index in [9.17, 15) is 9.59 Å². The molecule has 0 aromatic heterocycles. The van der Waals surface area contributed by atoms with Crippen LogP contribution in [0.4, 0.5) is 0 Å². The van der Waals surface area contributed by atoms with Crippen molar-refractivity contribution >= 4 is 33.5 Å². The van der Waals surface area contributed by atoms with Crippen molar-refractivity contribution in [2.75, 3.05) is 7.11 Å². The number of carbonyl (C=O) groups is 2. The molecular formula is C19H16O4. The maximum absolute atomic E-state index is 12.0. The standard InChI is InChI=1S/C19H16O4/c1-11-15-8-13-6-4-5-7-14(13)9-17(15)18(23-12(2)20)10-16(11)19(21)22-3/h4-10H,1-3H3. The molecule has 0 bridgehead atoms. The molecule has 116 valence electrons. The highest BCUT2D eigenvalue weighted by atomic mass is 16.5. The first-order valence-corrected chi connectivity index (χ1v) is 7.24. The van der Waals surface area contributed by atoms with Crippen molar-refractivity contribution in [3.05, 3.63) is 53.6 Å². The van der Waals surface area contributed by atoms with E-state index in [0.29, 0.717) is 11.3 Å². The van der Waals surface area contributed by atoms with E-state index in [1.165, 1.54) is 14.0 Å². The number of hydrogen-bond donors (Lipinski definition) is 0. The first kappa shape index (κ1) is 15.0. The summed E-state index contributed by atoms with van der Waals surface area (Å²) in [5.74, 6) is -0.519. The van der Waals surface area contributed by atoms with Crippen molar-refractivity contribution < 1.29 is 19.1 Å². The van der Waals surface area contributed by atoms with Crippen LogP contribution in [0.3, 0.4) is 0 Å². The van der Waals surface area contributed by atoms with Gasteiger partial charge in [-0.25, -0.2) is 4.79 Å². The van der Waals surface area contributed by atoms with E-state index in [4.69, 9.17) is 9.47 Å². The van der Waals surface area contributed by atoms with Gasteiger partial charge < -0.3 is 9.47 Å². The smallest absolute Gasteiger partial charge is 0.338 e. The van der Waals surface area contributed by atoms with Crippen LogP contribution in [0.5, 0.6) is 5.75 Å². The lowest BCUT2D eigenvalue weighted by Gasteiger charge is -2.13. The molecule has 0 radical (unpaired) electrons. The SMILES string of the molecule is COC(=O)c1cc(OC(C)=O)c2cc3ccccc3cc2c1C. The molecule has 4 nitrogen and oxygen atoms in total. The second kappa shape index (κ2) is 5.72. The number of hydrogen-bond acceptors (Lipinski definition) is 4. The van der Waals surface area contributed by atoms with Crippen molar-refractivity contribution in [2.45, 2.75) is 13.8 Å². The predicted octanol–water partition coefficient (Wildman–Crippen LogP) is 4.01. The van der Waals surface area contributed by atoms with Crippen LogP contribution >= 0.6 is 0 Å². The summed E-state index contributed by atoms with van der Waals surface area (Å²) < 4.78 is 10.2. The van der Waals surface area contributed by atoms with Crippen LogP contribution < -0.4 is 4.74 Å². The van der Waals surface area contributed by atoms with E-state index in [0.717, 1.165) is 27.1 Å². The van der Waals surface area contributed by atoms with Crippen LogP contribution in [-0.2, 0) is 9.53 Å². The molecule has 0 spiro atoms. The van der Waals surface area contributed by atoms with E-state index >= 15 is 0 Å². The van der Waals surface area contributed by atoms with E-state index in [2.05, 4.69) is 0 Å². The molecule has 0 saturated heterocycles. The zero-order chi connectivity index (χ0) is 16.6. The zero-order valence-corrected chi connectivity index (χ0v) is 13.2. The van der Waals surface area contributed by atoms with Crippen LogP contribution in [0, 0.1) is 6.92 Å². The van der Waals surface area contributed by atoms with Crippen molar-refractivity contribution in [2.24, 2.45) is 0 Å². The first-order valence-electron chi connectivity index (χ1n) is 7.24. The number of rotatable bonds is 2. The van der Waals surface area contributed by atoms with Crippen molar-refractivity contribution in [3.63, 3.8) is 0 Å². The number of aryl methyl sites for hydroxylation is 1. The highest BCUT2D eigenvalue weighted by molar-refractivity contribution is 6.07. The Kier molecular flexibility index (Phi) is 3.74. The van der Waals surface area contributed by atoms with Crippen molar-refractivity contribution in [1.82, 2.24) is 0 Å². The van der Waals surface area contributed by atoms with Gasteiger partial charge in [0.25, 0.3) is 0 Å². The Morgan fingerprint density at radius 2 is 1.57 bits per heavy atom. The molecule has 3 aromatic carbocycles. The maximum Gasteiger partial charge on any atom is 0.338 e. The van der Waals surface area contributed by atoms with E-state index in [1.807, 2.05) is 43.3 Å². The molecular weight excluding hydrogens is 292 g/mol. The van der Waals surface area contributed by atoms with Crippen LogP contribution in [0.1, 0.15) is 22.8 Å². The topological polar surface area (TPSA) is 52.6 Å². The minimum absolute atomic E-state index is 0.365. The van der Waals surface area contributed by atoms with Crippen molar-refractivity contribution in [1.29, 1.82) is 0 Å². The second-order valence-electron chi connectivity index (χ2n) is 5.38. The van der Waals surface area contributed by atoms with Gasteiger partial charge in [-0.3, -0.25) is 4.79 Å². The Morgan fingerprint density at radius 3 is 2.13 bits per heavy atom. The van der Waals surface area contributed by atoms with Gasteiger partial charge in [-0.05, 0) is 46.8 Å². The Labute approximate surface area is 133 Å². The summed E-state index contributed by atoms with van der Waals surface area (Å²) in [6, 6.07) is 13.5. The van der Waals surface area contributed by atoms with Gasteiger partial charge in [-0.2, -0.15) is 0 Å². The van der Waals surface area contributed by atoms with Gasteiger partial charge in [0, 0.05) is 12.3 Å². The molecule has 0 aliphatic rings. The average molecular weight is 308 g/mol. The van der Waals surface area contributed by atoms with Gasteiger partial charge >= 0.3 is 11.9 Å². The predicted molar refractivity (Wildman–Crippen MR) is 88.8 cm³/mol. The van der Waals surface area contributed by atoms with Crippen molar-refractivity contribution in [3.8, 4) is 5.75 Å². The quantitative estimate of drug-likeness (QED) is 0.408. The van der Waals surface area contributed by atoms with E-state index in [1.54, 1.807) is 6.07 Å². The number of esters is 2. The molecule has 0 unspecified atom stereocenters. The maximum atomic E-state index is 12.0. The monoisotopic (exact) mass is 308 g/mol. The summed E-state index contributed by atoms with van der Waals surface area (Å²) in [7, 11) is 1.33. The van der Waals surface area contributed by atoms with Gasteiger partial charge in [-0.1, -0.05) is 24.3 Å². The molecule has 0 N–H and O–H groups in total. The molecule has 0 aliphatic carbocycles. The second-order valence-corrected chi connectivity index (χ2v) is 5.38. The molecule has 4 heteroatoms. The molecule has 3 aromatic rings. The first-order chi connectivity index (χ1) is 11.0. The van der Waals surface area contributed by atoms with Gasteiger partial charge in [0.2, 0.25) is 0 Å². The fourth-order valence-electron chi connectivity index (χ4n) is 2.78. The lowest BCUT2D eigenvalue weighted by molar-refractivity contribution is -0.131. The average Bonchev–Trinajstić information content (AvgIpc) is 2.55. The Hall–Kier alpha value is -2.88. The zero-order valence-electron chi connectivity index (χ0n) is 13.2. The van der Waals surface area contributed by atoms with Gasteiger partial charge in [0.1, 0.15) is 5.75 Å². The molecule has 0 amide bonds. The Morgan fingerprint density at radius 1 is 0.957 bits per heavy atom. The molecule has 0 saturated carbocycles. The number of carbonyl (C=O) groups excluding carboxylic acids is 2. The number of benzene rings is 3. The minimum atomic E-state index is -0.453. The third-order valence-electron chi connectivity index (χ3n) is 3.89. The molecule has 0 heterocycles. The Bertz CT molecular complexity index is 941. The number of ether oxygens (including phenoxy) is 2. The Balaban J connectivity index is 2.41. The lowest BCUT2D eigenvalue weighted by atomic mass is 9.96. The largest absolute Gasteiger partial charge is 0.465 e. The van der Waals surface area contributed by atoms with Gasteiger partial charge in [0.15, 0.2) is 0 Å². The van der Waals surface area contributed by atoms with Crippen LogP contribution in [0.2, 0.25) is 0 Å². The van der Waals surface area contributed by atoms with Crippen LogP contribution in [0.25, 0.3) is 21.5 Å². The summed E-state index contributed by atoms with van der Waals surface area (Å²) in [6.07, 6.45) is 0. The normalized spacial score (nSPS) is 10.7. The van der Waals surface area contributed by atoms with Crippen LogP contribution in [0.15, 0.2) is 42.5 Å². The highest BCUT2D eigenvalue weighted by Crippen LogP contribution is 2.35. The lowest BCUT2D eigenvalue weighted by Crippen LogP contribution is -2.08. The fourth-order valence-corrected chi connectivity index (χ4v) is 2.78.